The van der Waals surface area contributed by atoms with E-state index in [0.717, 1.165) is 24.3 Å². The molecule has 7 heteroatoms. The van der Waals surface area contributed by atoms with Crippen molar-refractivity contribution in [2.24, 2.45) is 0 Å². The monoisotopic (exact) mass is 405 g/mol. The zero-order chi connectivity index (χ0) is 15.5. The van der Waals surface area contributed by atoms with Crippen molar-refractivity contribution in [3.05, 3.63) is 60.2 Å². The molecule has 0 aliphatic rings. The Labute approximate surface area is 161 Å². The standard InChI is InChI=1S/C20H22OS.5FH/c1-2-3-4-8-16-21-19-13-11-18(12-14-19)15-17-22-20-9-6-5-7-10-20;;;;;/h5-7,9-14H,2-4,8,16H2,1H3;5*1H/p-5. The van der Waals surface area contributed by atoms with Crippen LogP contribution in [0.2, 0.25) is 0 Å². The lowest BCUT2D eigenvalue weighted by molar-refractivity contribution is -0.00100. The van der Waals surface area contributed by atoms with Crippen molar-refractivity contribution >= 4 is 11.8 Å². The van der Waals surface area contributed by atoms with Gasteiger partial charge in [-0.3, -0.25) is 0 Å². The number of thioether (sulfide) groups is 1. The minimum atomic E-state index is 0. The molecule has 0 aliphatic heterocycles. The summed E-state index contributed by atoms with van der Waals surface area (Å²) >= 11 is 1.55. The molecule has 0 radical (unpaired) electrons. The highest BCUT2D eigenvalue weighted by molar-refractivity contribution is 8.03. The zero-order valence-corrected chi connectivity index (χ0v) is 15.8. The van der Waals surface area contributed by atoms with E-state index in [1.165, 1.54) is 24.2 Å². The summed E-state index contributed by atoms with van der Waals surface area (Å²) in [6.45, 7) is 3.02. The molecule has 27 heavy (non-hydrogen) atoms. The topological polar surface area (TPSA) is 9.23 Å². The third-order valence-electron chi connectivity index (χ3n) is 3.23. The van der Waals surface area contributed by atoms with Gasteiger partial charge in [0.25, 0.3) is 0 Å². The van der Waals surface area contributed by atoms with Crippen LogP contribution in [0, 0.1) is 11.2 Å². The van der Waals surface area contributed by atoms with E-state index >= 15 is 0 Å². The van der Waals surface area contributed by atoms with Gasteiger partial charge in [-0.25, -0.2) is 0 Å². The number of hydrogen-bond acceptors (Lipinski definition) is 2. The van der Waals surface area contributed by atoms with Crippen molar-refractivity contribution in [3.8, 4) is 16.9 Å². The summed E-state index contributed by atoms with van der Waals surface area (Å²) in [5.74, 6) is 4.09. The van der Waals surface area contributed by atoms with Crippen LogP contribution in [-0.4, -0.2) is 6.61 Å². The minimum Gasteiger partial charge on any atom is -1.00 e. The van der Waals surface area contributed by atoms with Gasteiger partial charge in [0.15, 0.2) is 0 Å². The molecule has 0 atom stereocenters. The first kappa shape index (κ1) is 32.5. The zero-order valence-electron chi connectivity index (χ0n) is 14.9. The molecule has 0 fully saturated rings. The molecule has 0 spiro atoms. The molecule has 0 unspecified atom stereocenters. The average Bonchev–Trinajstić information content (AvgIpc) is 2.57. The number of hydrogen-bond donors (Lipinski definition) is 0. The molecule has 1 nitrogen and oxygen atoms in total. The van der Waals surface area contributed by atoms with Crippen LogP contribution in [0.15, 0.2) is 59.5 Å². The summed E-state index contributed by atoms with van der Waals surface area (Å²) in [6, 6.07) is 18.2. The third kappa shape index (κ3) is 13.6. The van der Waals surface area contributed by atoms with Gasteiger partial charge in [0, 0.05) is 10.5 Å². The summed E-state index contributed by atoms with van der Waals surface area (Å²) in [6.07, 6.45) is 4.92. The fraction of sp³-hybridized carbons (Fsp3) is 0.300. The Kier molecular flexibility index (Phi) is 24.2. The van der Waals surface area contributed by atoms with Gasteiger partial charge in [-0.05, 0) is 59.8 Å². The first-order chi connectivity index (χ1) is 10.9. The van der Waals surface area contributed by atoms with Gasteiger partial charge < -0.3 is 28.3 Å². The van der Waals surface area contributed by atoms with E-state index < -0.39 is 0 Å². The lowest BCUT2D eigenvalue weighted by atomic mass is 10.2. The fourth-order valence-corrected chi connectivity index (χ4v) is 2.57. The quantitative estimate of drug-likeness (QED) is 0.196. The van der Waals surface area contributed by atoms with Crippen LogP contribution in [0.25, 0.3) is 0 Å². The van der Waals surface area contributed by atoms with Crippen LogP contribution in [0.4, 0.5) is 0 Å². The number of rotatable bonds is 7. The molecule has 0 N–H and O–H groups in total. The summed E-state index contributed by atoms with van der Waals surface area (Å²) in [4.78, 5) is 1.17. The van der Waals surface area contributed by atoms with Gasteiger partial charge >= 0.3 is 0 Å². The highest BCUT2D eigenvalue weighted by atomic mass is 32.2. The van der Waals surface area contributed by atoms with E-state index in [1.54, 1.807) is 11.8 Å². The largest absolute Gasteiger partial charge is 1.00 e. The highest BCUT2D eigenvalue weighted by Gasteiger charge is 1.94. The van der Waals surface area contributed by atoms with Crippen molar-refractivity contribution in [3.63, 3.8) is 0 Å². The van der Waals surface area contributed by atoms with Gasteiger partial charge in [-0.15, -0.1) is 0 Å². The Hall–Kier alpha value is -2.20. The molecule has 0 heterocycles. The number of unbranched alkanes of at least 4 members (excludes halogenated alkanes) is 3. The van der Waals surface area contributed by atoms with Crippen LogP contribution < -0.4 is 28.3 Å². The van der Waals surface area contributed by atoms with Gasteiger partial charge in [0.1, 0.15) is 5.75 Å². The van der Waals surface area contributed by atoms with Crippen molar-refractivity contribution in [1.29, 1.82) is 0 Å². The normalized spacial score (nSPS) is 8.04. The Bertz CT molecular complexity index is 612. The molecule has 0 bridgehead atoms. The Morgan fingerprint density at radius 1 is 0.778 bits per heavy atom. The van der Waals surface area contributed by atoms with E-state index in [-0.39, 0.29) is 23.5 Å². The van der Waals surface area contributed by atoms with Crippen LogP contribution in [0.1, 0.15) is 38.2 Å². The lowest BCUT2D eigenvalue weighted by Crippen LogP contribution is -3.00. The predicted octanol–water partition coefficient (Wildman–Crippen LogP) is -9.23. The highest BCUT2D eigenvalue weighted by Crippen LogP contribution is 2.16. The average molecular weight is 405 g/mol. The second-order valence-corrected chi connectivity index (χ2v) is 5.96. The van der Waals surface area contributed by atoms with Crippen LogP contribution in [0.3, 0.4) is 0 Å². The Balaban J connectivity index is -0.000000529. The van der Waals surface area contributed by atoms with Crippen molar-refractivity contribution in [1.82, 2.24) is 0 Å². The molecular weight excluding hydrogens is 383 g/mol. The summed E-state index contributed by atoms with van der Waals surface area (Å²) < 4.78 is 5.73. The molecule has 2 rings (SSSR count). The molecular formula is C20H22F5OS-5. The van der Waals surface area contributed by atoms with Crippen molar-refractivity contribution in [2.75, 3.05) is 6.61 Å². The number of ether oxygens (including phenoxy) is 1. The van der Waals surface area contributed by atoms with Crippen molar-refractivity contribution < 1.29 is 28.3 Å². The maximum Gasteiger partial charge on any atom is 0.119 e. The molecule has 0 saturated heterocycles. The first-order valence-corrected chi connectivity index (χ1v) is 8.66. The maximum absolute atomic E-state index is 5.73. The first-order valence-electron chi connectivity index (χ1n) is 7.84. The number of halogens is 5. The molecule has 0 aromatic heterocycles. The molecule has 154 valence electrons. The molecule has 2 aromatic rings. The van der Waals surface area contributed by atoms with E-state index in [0.29, 0.717) is 0 Å². The SMILES string of the molecule is CCCCCCOc1ccc(C#CSc2ccccc2)cc1.[F-].[F-].[F-].[F-].[F-]. The number of benzene rings is 2. The maximum atomic E-state index is 5.73. The second-order valence-electron chi connectivity index (χ2n) is 5.08. The van der Waals surface area contributed by atoms with Gasteiger partial charge in [-0.1, -0.05) is 50.3 Å². The minimum absolute atomic E-state index is 0. The van der Waals surface area contributed by atoms with Gasteiger partial charge in [0.05, 0.1) is 6.61 Å². The van der Waals surface area contributed by atoms with Gasteiger partial charge in [-0.2, -0.15) is 0 Å². The van der Waals surface area contributed by atoms with Gasteiger partial charge in [0.2, 0.25) is 0 Å². The molecule has 0 saturated carbocycles. The molecule has 0 amide bonds. The molecule has 2 aromatic carbocycles. The third-order valence-corrected chi connectivity index (χ3v) is 3.94. The summed E-state index contributed by atoms with van der Waals surface area (Å²) in [5, 5.41) is 3.13. The van der Waals surface area contributed by atoms with Crippen LogP contribution >= 0.6 is 11.8 Å². The lowest BCUT2D eigenvalue weighted by Gasteiger charge is -2.05. The summed E-state index contributed by atoms with van der Waals surface area (Å²) in [7, 11) is 0. The van der Waals surface area contributed by atoms with E-state index in [9.17, 15) is 0 Å². The van der Waals surface area contributed by atoms with Crippen LogP contribution in [0.5, 0.6) is 5.75 Å². The second kappa shape index (κ2) is 20.1. The smallest absolute Gasteiger partial charge is 0.119 e. The molecule has 0 aliphatic carbocycles. The van der Waals surface area contributed by atoms with Crippen molar-refractivity contribution in [2.45, 2.75) is 37.5 Å². The Morgan fingerprint density at radius 2 is 1.41 bits per heavy atom. The summed E-state index contributed by atoms with van der Waals surface area (Å²) in [5.41, 5.74) is 1.02. The van der Waals surface area contributed by atoms with Crippen LogP contribution in [-0.2, 0) is 0 Å². The fourth-order valence-electron chi connectivity index (χ4n) is 1.99. The van der Waals surface area contributed by atoms with E-state index in [2.05, 4.69) is 30.2 Å². The van der Waals surface area contributed by atoms with E-state index in [4.69, 9.17) is 4.74 Å². The Morgan fingerprint density at radius 3 is 2.00 bits per heavy atom. The predicted molar refractivity (Wildman–Crippen MR) is 95.3 cm³/mol. The van der Waals surface area contributed by atoms with E-state index in [1.807, 2.05) is 42.5 Å².